The summed E-state index contributed by atoms with van der Waals surface area (Å²) >= 11 is 10.7. The molecule has 1 aromatic heterocycles. The molecule has 4 heteroatoms. The van der Waals surface area contributed by atoms with Crippen LogP contribution in [0.5, 0.6) is 0 Å². The van der Waals surface area contributed by atoms with E-state index in [0.29, 0.717) is 6.04 Å². The molecule has 1 heterocycles. The number of thiophene rings is 1. The monoisotopic (exact) mass is 403 g/mol. The highest BCUT2D eigenvalue weighted by atomic mass is 127. The van der Waals surface area contributed by atoms with Crippen LogP contribution < -0.4 is 5.32 Å². The van der Waals surface area contributed by atoms with Gasteiger partial charge in [-0.15, -0.1) is 11.3 Å². The van der Waals surface area contributed by atoms with Gasteiger partial charge in [0.1, 0.15) is 0 Å². The molecule has 0 fully saturated rings. The first-order chi connectivity index (χ1) is 9.15. The molecule has 0 bridgehead atoms. The Bertz CT molecular complexity index is 588. The minimum absolute atomic E-state index is 0.405. The molecular weight excluding hydrogens is 389 g/mol. The van der Waals surface area contributed by atoms with Crippen LogP contribution in [-0.4, -0.2) is 0 Å². The minimum atomic E-state index is 0.405. The molecule has 19 heavy (non-hydrogen) atoms. The van der Waals surface area contributed by atoms with Crippen LogP contribution in [0.25, 0.3) is 0 Å². The third-order valence-electron chi connectivity index (χ3n) is 3.62. The molecule has 0 saturated carbocycles. The smallest absolute Gasteiger partial charge is 0.0660 e. The number of rotatable bonds is 2. The van der Waals surface area contributed by atoms with Crippen LogP contribution in [0.1, 0.15) is 34.9 Å². The van der Waals surface area contributed by atoms with Crippen LogP contribution in [-0.2, 0) is 6.42 Å². The summed E-state index contributed by atoms with van der Waals surface area (Å²) in [4.78, 5) is 1.54. The van der Waals surface area contributed by atoms with Gasteiger partial charge in [-0.05, 0) is 72.0 Å². The fourth-order valence-electron chi connectivity index (χ4n) is 2.66. The summed E-state index contributed by atoms with van der Waals surface area (Å²) in [5.74, 6) is 0. The summed E-state index contributed by atoms with van der Waals surface area (Å²) in [6.07, 6.45) is 3.66. The Morgan fingerprint density at radius 1 is 1.42 bits per heavy atom. The third-order valence-corrected chi connectivity index (χ3v) is 5.91. The van der Waals surface area contributed by atoms with Gasteiger partial charge in [0.2, 0.25) is 0 Å². The molecule has 2 aromatic rings. The summed E-state index contributed by atoms with van der Waals surface area (Å²) in [6.45, 7) is 2.11. The maximum Gasteiger partial charge on any atom is 0.0660 e. The molecule has 0 radical (unpaired) electrons. The van der Waals surface area contributed by atoms with E-state index >= 15 is 0 Å². The van der Waals surface area contributed by atoms with Crippen LogP contribution in [0.15, 0.2) is 24.3 Å². The number of hydrogen-bond donors (Lipinski definition) is 1. The normalized spacial score (nSPS) is 18.2. The lowest BCUT2D eigenvalue weighted by Gasteiger charge is -2.26. The van der Waals surface area contributed by atoms with Gasteiger partial charge in [-0.2, -0.15) is 0 Å². The number of halogens is 2. The second-order valence-corrected chi connectivity index (χ2v) is 8.39. The number of para-hydroxylation sites is 1. The predicted octanol–water partition coefficient (Wildman–Crippen LogP) is 5.80. The zero-order chi connectivity index (χ0) is 13.4. The van der Waals surface area contributed by atoms with Crippen molar-refractivity contribution >= 4 is 51.2 Å². The second kappa shape index (κ2) is 5.62. The zero-order valence-electron chi connectivity index (χ0n) is 10.7. The number of fused-ring (bicyclic) bond motifs is 1. The van der Waals surface area contributed by atoms with E-state index in [-0.39, 0.29) is 0 Å². The molecule has 1 aliphatic carbocycles. The second-order valence-electron chi connectivity index (χ2n) is 4.95. The molecule has 1 atom stereocenters. The van der Waals surface area contributed by atoms with E-state index in [1.807, 2.05) is 23.5 Å². The quantitative estimate of drug-likeness (QED) is 0.624. The predicted molar refractivity (Wildman–Crippen MR) is 92.5 cm³/mol. The Morgan fingerprint density at radius 3 is 3.05 bits per heavy atom. The highest BCUT2D eigenvalue weighted by molar-refractivity contribution is 14.1. The Morgan fingerprint density at radius 2 is 2.26 bits per heavy atom. The number of anilines is 1. The number of hydrogen-bond acceptors (Lipinski definition) is 2. The molecule has 1 aliphatic rings. The number of benzene rings is 1. The molecule has 0 aliphatic heterocycles. The van der Waals surface area contributed by atoms with Gasteiger partial charge in [0, 0.05) is 4.88 Å². The third kappa shape index (κ3) is 2.78. The van der Waals surface area contributed by atoms with Crippen molar-refractivity contribution in [2.45, 2.75) is 32.2 Å². The van der Waals surface area contributed by atoms with Gasteiger partial charge in [-0.25, -0.2) is 0 Å². The lowest BCUT2D eigenvalue weighted by molar-refractivity contribution is 0.608. The molecule has 1 unspecified atom stereocenters. The van der Waals surface area contributed by atoms with Crippen molar-refractivity contribution in [1.29, 1.82) is 0 Å². The Hall–Kier alpha value is -0.260. The molecule has 100 valence electrons. The van der Waals surface area contributed by atoms with Gasteiger partial charge >= 0.3 is 0 Å². The SMILES string of the molecule is Cc1cccc(Cl)c1NC1CCCc2sc(I)cc21. The lowest BCUT2D eigenvalue weighted by Crippen LogP contribution is -2.16. The van der Waals surface area contributed by atoms with Gasteiger partial charge in [-0.3, -0.25) is 0 Å². The van der Waals surface area contributed by atoms with E-state index in [0.717, 1.165) is 10.7 Å². The average molecular weight is 404 g/mol. The van der Waals surface area contributed by atoms with E-state index in [1.54, 1.807) is 0 Å². The Kier molecular flexibility index (Phi) is 4.06. The van der Waals surface area contributed by atoms with Crippen molar-refractivity contribution in [3.8, 4) is 0 Å². The Balaban J connectivity index is 1.92. The van der Waals surface area contributed by atoms with Gasteiger partial charge in [0.25, 0.3) is 0 Å². The first kappa shape index (κ1) is 13.7. The molecule has 1 nitrogen and oxygen atoms in total. The van der Waals surface area contributed by atoms with E-state index in [1.165, 1.54) is 38.2 Å². The number of nitrogens with one attached hydrogen (secondary N) is 1. The van der Waals surface area contributed by atoms with Crippen LogP contribution >= 0.6 is 45.5 Å². The van der Waals surface area contributed by atoms with E-state index in [2.05, 4.69) is 47.0 Å². The van der Waals surface area contributed by atoms with E-state index in [9.17, 15) is 0 Å². The van der Waals surface area contributed by atoms with Crippen molar-refractivity contribution in [3.63, 3.8) is 0 Å². The maximum absolute atomic E-state index is 6.32. The molecular formula is C15H15ClINS. The van der Waals surface area contributed by atoms with Gasteiger partial charge < -0.3 is 5.32 Å². The first-order valence-corrected chi connectivity index (χ1v) is 8.72. The van der Waals surface area contributed by atoms with Crippen molar-refractivity contribution in [3.05, 3.63) is 48.2 Å². The van der Waals surface area contributed by atoms with Gasteiger partial charge in [-0.1, -0.05) is 23.7 Å². The molecule has 0 saturated heterocycles. The van der Waals surface area contributed by atoms with Crippen molar-refractivity contribution in [2.75, 3.05) is 5.32 Å². The zero-order valence-corrected chi connectivity index (χ0v) is 14.4. The molecule has 3 rings (SSSR count). The highest BCUT2D eigenvalue weighted by Gasteiger charge is 2.23. The molecule has 0 amide bonds. The Labute approximate surface area is 136 Å². The summed E-state index contributed by atoms with van der Waals surface area (Å²) in [5.41, 5.74) is 3.77. The molecule has 0 spiro atoms. The number of aryl methyl sites for hydroxylation is 2. The van der Waals surface area contributed by atoms with E-state index in [4.69, 9.17) is 11.6 Å². The highest BCUT2D eigenvalue weighted by Crippen LogP contribution is 2.39. The average Bonchev–Trinajstić information content (AvgIpc) is 2.75. The first-order valence-electron chi connectivity index (χ1n) is 6.45. The molecule has 1 N–H and O–H groups in total. The van der Waals surface area contributed by atoms with Crippen LogP contribution in [0.4, 0.5) is 5.69 Å². The van der Waals surface area contributed by atoms with Crippen LogP contribution in [0.3, 0.4) is 0 Å². The fourth-order valence-corrected chi connectivity index (χ4v) is 5.06. The summed E-state index contributed by atoms with van der Waals surface area (Å²) < 4.78 is 1.38. The van der Waals surface area contributed by atoms with Crippen LogP contribution in [0.2, 0.25) is 5.02 Å². The standard InChI is InChI=1S/C15H15ClINS/c1-9-4-2-5-11(16)15(9)18-12-6-3-7-13-10(12)8-14(17)19-13/h2,4-5,8,12,18H,3,6-7H2,1H3. The van der Waals surface area contributed by atoms with Gasteiger partial charge in [0.05, 0.1) is 19.6 Å². The minimum Gasteiger partial charge on any atom is -0.377 e. The fraction of sp³-hybridized carbons (Fsp3) is 0.333. The largest absolute Gasteiger partial charge is 0.377 e. The van der Waals surface area contributed by atoms with E-state index < -0.39 is 0 Å². The summed E-state index contributed by atoms with van der Waals surface area (Å²) in [5, 5.41) is 4.48. The van der Waals surface area contributed by atoms with Crippen molar-refractivity contribution in [2.24, 2.45) is 0 Å². The summed E-state index contributed by atoms with van der Waals surface area (Å²) in [6, 6.07) is 8.79. The van der Waals surface area contributed by atoms with Crippen LogP contribution in [0, 0.1) is 9.81 Å². The molecule has 1 aromatic carbocycles. The van der Waals surface area contributed by atoms with Crippen molar-refractivity contribution < 1.29 is 0 Å². The van der Waals surface area contributed by atoms with Crippen molar-refractivity contribution in [1.82, 2.24) is 0 Å². The lowest BCUT2D eigenvalue weighted by atomic mass is 9.93. The summed E-state index contributed by atoms with van der Waals surface area (Å²) in [7, 11) is 0. The van der Waals surface area contributed by atoms with Gasteiger partial charge in [0.15, 0.2) is 0 Å². The topological polar surface area (TPSA) is 12.0 Å². The maximum atomic E-state index is 6.32.